The molecule has 2 aromatic carbocycles. The SMILES string of the molecule is [CH3][Sn]1([CH3])[c]2ccccc2C2CCP(=S)(c3ccccc3)[CH]21. The van der Waals surface area contributed by atoms with Crippen molar-refractivity contribution in [1.82, 2.24) is 0 Å². The van der Waals surface area contributed by atoms with E-state index in [1.807, 2.05) is 0 Å². The summed E-state index contributed by atoms with van der Waals surface area (Å²) in [6.45, 7) is 0. The molecular formula is C18H21PSSn. The Kier molecular flexibility index (Phi) is 3.41. The predicted octanol–water partition coefficient (Wildman–Crippen LogP) is 3.82. The molecule has 0 spiro atoms. The molecule has 3 atom stereocenters. The third-order valence-corrected chi connectivity index (χ3v) is 31.1. The van der Waals surface area contributed by atoms with Gasteiger partial charge in [0.1, 0.15) is 0 Å². The van der Waals surface area contributed by atoms with Crippen molar-refractivity contribution in [1.29, 1.82) is 0 Å². The fourth-order valence-electron chi connectivity index (χ4n) is 4.80. The molecule has 2 aromatic rings. The van der Waals surface area contributed by atoms with Crippen molar-refractivity contribution in [2.24, 2.45) is 0 Å². The van der Waals surface area contributed by atoms with Gasteiger partial charge in [0.15, 0.2) is 0 Å². The van der Waals surface area contributed by atoms with Crippen LogP contribution in [0, 0.1) is 0 Å². The fraction of sp³-hybridized carbons (Fsp3) is 0.333. The molecule has 0 radical (unpaired) electrons. The molecule has 1 fully saturated rings. The number of benzene rings is 2. The van der Waals surface area contributed by atoms with E-state index in [4.69, 9.17) is 11.8 Å². The van der Waals surface area contributed by atoms with Crippen LogP contribution in [0.2, 0.25) is 9.88 Å². The second-order valence-corrected chi connectivity index (χ2v) is 26.6. The summed E-state index contributed by atoms with van der Waals surface area (Å²) in [4.78, 5) is 5.26. The molecule has 0 bridgehead atoms. The normalized spacial score (nSPS) is 32.7. The minimum absolute atomic E-state index is 0.776. The summed E-state index contributed by atoms with van der Waals surface area (Å²) in [5, 5.41) is 1.50. The van der Waals surface area contributed by atoms with E-state index in [2.05, 4.69) is 64.5 Å². The van der Waals surface area contributed by atoms with E-state index in [1.54, 1.807) is 9.14 Å². The number of hydrogen-bond donors (Lipinski definition) is 0. The van der Waals surface area contributed by atoms with Crippen LogP contribution in [-0.4, -0.2) is 28.2 Å². The van der Waals surface area contributed by atoms with Crippen molar-refractivity contribution in [2.75, 3.05) is 6.16 Å². The molecule has 0 aromatic heterocycles. The number of hydrogen-bond acceptors (Lipinski definition) is 1. The molecule has 2 aliphatic heterocycles. The first-order valence-electron chi connectivity index (χ1n) is 7.79. The average molecular weight is 419 g/mol. The van der Waals surface area contributed by atoms with E-state index in [0.717, 1.165) is 9.59 Å². The molecule has 1 saturated heterocycles. The molecule has 2 heterocycles. The summed E-state index contributed by atoms with van der Waals surface area (Å²) in [6.07, 6.45) is 2.62. The molecular weight excluding hydrogens is 398 g/mol. The van der Waals surface area contributed by atoms with Crippen LogP contribution in [0.3, 0.4) is 0 Å². The van der Waals surface area contributed by atoms with Crippen LogP contribution in [0.5, 0.6) is 0 Å². The third-order valence-electron chi connectivity index (χ3n) is 5.59. The Morgan fingerprint density at radius 1 is 1.00 bits per heavy atom. The Hall–Kier alpha value is -0.111. The van der Waals surface area contributed by atoms with Gasteiger partial charge in [-0.15, -0.1) is 0 Å². The van der Waals surface area contributed by atoms with Gasteiger partial charge in [-0.1, -0.05) is 0 Å². The van der Waals surface area contributed by atoms with Crippen molar-refractivity contribution in [3.05, 3.63) is 60.2 Å². The molecule has 0 nitrogen and oxygen atoms in total. The molecule has 2 aliphatic rings. The van der Waals surface area contributed by atoms with Crippen LogP contribution in [0.15, 0.2) is 54.6 Å². The van der Waals surface area contributed by atoms with Crippen molar-refractivity contribution < 1.29 is 0 Å². The van der Waals surface area contributed by atoms with Crippen LogP contribution in [0.25, 0.3) is 0 Å². The second-order valence-electron chi connectivity index (χ2n) is 7.00. The fourth-order valence-corrected chi connectivity index (χ4v) is 36.8. The molecule has 3 unspecified atom stereocenters. The van der Waals surface area contributed by atoms with Crippen LogP contribution < -0.4 is 8.88 Å². The first-order chi connectivity index (χ1) is 10.0. The minimum atomic E-state index is -2.32. The zero-order valence-corrected chi connectivity index (χ0v) is 17.2. The van der Waals surface area contributed by atoms with E-state index < -0.39 is 24.4 Å². The molecule has 0 amide bonds. The number of fused-ring (bicyclic) bond motifs is 3. The van der Waals surface area contributed by atoms with Crippen LogP contribution in [0.4, 0.5) is 0 Å². The van der Waals surface area contributed by atoms with E-state index in [0.29, 0.717) is 0 Å². The third kappa shape index (κ3) is 1.97. The predicted molar refractivity (Wildman–Crippen MR) is 99.9 cm³/mol. The van der Waals surface area contributed by atoms with Gasteiger partial charge in [-0.05, 0) is 0 Å². The number of rotatable bonds is 1. The van der Waals surface area contributed by atoms with Gasteiger partial charge in [0.25, 0.3) is 0 Å². The Labute approximate surface area is 136 Å². The van der Waals surface area contributed by atoms with Crippen LogP contribution in [0.1, 0.15) is 17.9 Å². The van der Waals surface area contributed by atoms with Gasteiger partial charge in [-0.3, -0.25) is 0 Å². The quantitative estimate of drug-likeness (QED) is 0.501. The van der Waals surface area contributed by atoms with Gasteiger partial charge in [0.2, 0.25) is 0 Å². The maximum atomic E-state index is 6.43. The maximum absolute atomic E-state index is 6.43. The summed E-state index contributed by atoms with van der Waals surface area (Å²) >= 11 is 4.11. The van der Waals surface area contributed by atoms with Crippen molar-refractivity contribution in [3.8, 4) is 0 Å². The van der Waals surface area contributed by atoms with Crippen molar-refractivity contribution >= 4 is 45.1 Å². The van der Waals surface area contributed by atoms with Crippen LogP contribution >= 0.6 is 6.04 Å². The zero-order valence-electron chi connectivity index (χ0n) is 12.6. The Bertz CT molecular complexity index is 738. The Balaban J connectivity index is 1.90. The topological polar surface area (TPSA) is 0 Å². The summed E-state index contributed by atoms with van der Waals surface area (Å²) in [5.41, 5.74) is 1.67. The van der Waals surface area contributed by atoms with E-state index >= 15 is 0 Å². The summed E-state index contributed by atoms with van der Waals surface area (Å²) in [5.74, 6) is 0.776. The first-order valence-corrected chi connectivity index (χ1v) is 19.6. The van der Waals surface area contributed by atoms with Gasteiger partial charge in [-0.2, -0.15) is 0 Å². The monoisotopic (exact) mass is 420 g/mol. The zero-order chi connectivity index (χ0) is 14.7. The van der Waals surface area contributed by atoms with Crippen molar-refractivity contribution in [2.45, 2.75) is 25.9 Å². The Morgan fingerprint density at radius 3 is 2.43 bits per heavy atom. The van der Waals surface area contributed by atoms with Crippen molar-refractivity contribution in [3.63, 3.8) is 0 Å². The summed E-state index contributed by atoms with van der Waals surface area (Å²) in [6, 6.07) is 19.0. The molecule has 3 heteroatoms. The molecule has 0 aliphatic carbocycles. The standard InChI is InChI=1S/C16H15PS.2CH3.Sn/c18-17(16-9-5-2-6-10-16)12-11-15(13-17)14-7-3-1-4-8-14;;;/h1-7,9-10,13,15H,11-12H2;2*1H3;. The molecule has 108 valence electrons. The molecule has 4 rings (SSSR count). The second kappa shape index (κ2) is 4.94. The van der Waals surface area contributed by atoms with Gasteiger partial charge in [0.05, 0.1) is 0 Å². The van der Waals surface area contributed by atoms with Gasteiger partial charge >= 0.3 is 137 Å². The summed E-state index contributed by atoms with van der Waals surface area (Å²) in [7, 11) is 0. The molecule has 21 heavy (non-hydrogen) atoms. The van der Waals surface area contributed by atoms with Gasteiger partial charge in [0, 0.05) is 0 Å². The first kappa shape index (κ1) is 14.5. The van der Waals surface area contributed by atoms with E-state index in [1.165, 1.54) is 17.9 Å². The molecule has 0 saturated carbocycles. The van der Waals surface area contributed by atoms with E-state index in [-0.39, 0.29) is 0 Å². The van der Waals surface area contributed by atoms with E-state index in [9.17, 15) is 0 Å². The summed E-state index contributed by atoms with van der Waals surface area (Å²) < 4.78 is 2.60. The Morgan fingerprint density at radius 2 is 1.67 bits per heavy atom. The van der Waals surface area contributed by atoms with Crippen LogP contribution in [-0.2, 0) is 11.8 Å². The van der Waals surface area contributed by atoms with Gasteiger partial charge < -0.3 is 0 Å². The molecule has 0 N–H and O–H groups in total. The van der Waals surface area contributed by atoms with Gasteiger partial charge in [-0.25, -0.2) is 0 Å². The average Bonchev–Trinajstić information content (AvgIpc) is 2.98.